The number of hydrogen-bond donors (Lipinski definition) is 1. The summed E-state index contributed by atoms with van der Waals surface area (Å²) in [5, 5.41) is 3.51. The van der Waals surface area contributed by atoms with Crippen LogP contribution in [0.2, 0.25) is 0 Å². The number of aromatic nitrogens is 2. The van der Waals surface area contributed by atoms with E-state index in [2.05, 4.69) is 21.8 Å². The summed E-state index contributed by atoms with van der Waals surface area (Å²) < 4.78 is 7.64. The molecule has 1 aliphatic rings. The lowest BCUT2D eigenvalue weighted by Gasteiger charge is -2.16. The van der Waals surface area contributed by atoms with Crippen molar-refractivity contribution in [2.24, 2.45) is 0 Å². The Morgan fingerprint density at radius 1 is 1.62 bits per heavy atom. The Labute approximate surface area is 97.0 Å². The van der Waals surface area contributed by atoms with Crippen LogP contribution in [0.1, 0.15) is 38.4 Å². The minimum Gasteiger partial charge on any atom is -0.380 e. The van der Waals surface area contributed by atoms with Crippen LogP contribution in [0.15, 0.2) is 12.5 Å². The maximum Gasteiger partial charge on any atom is 0.0951 e. The maximum absolute atomic E-state index is 5.44. The van der Waals surface area contributed by atoms with Gasteiger partial charge in [0.25, 0.3) is 0 Å². The van der Waals surface area contributed by atoms with Crippen LogP contribution in [0.3, 0.4) is 0 Å². The molecule has 1 heterocycles. The summed E-state index contributed by atoms with van der Waals surface area (Å²) in [7, 11) is 0. The van der Waals surface area contributed by atoms with Gasteiger partial charge in [-0.25, -0.2) is 4.98 Å². The van der Waals surface area contributed by atoms with E-state index in [1.165, 1.54) is 18.5 Å². The van der Waals surface area contributed by atoms with Crippen LogP contribution in [-0.4, -0.2) is 28.8 Å². The largest absolute Gasteiger partial charge is 0.380 e. The van der Waals surface area contributed by atoms with E-state index < -0.39 is 0 Å². The van der Waals surface area contributed by atoms with E-state index >= 15 is 0 Å². The van der Waals surface area contributed by atoms with E-state index in [0.29, 0.717) is 6.04 Å². The molecule has 90 valence electrons. The first-order valence-electron chi connectivity index (χ1n) is 6.13. The lowest BCUT2D eigenvalue weighted by atomic mass is 10.3. The number of ether oxygens (including phenoxy) is 1. The molecule has 0 aliphatic heterocycles. The smallest absolute Gasteiger partial charge is 0.0951 e. The molecule has 1 aliphatic carbocycles. The van der Waals surface area contributed by atoms with E-state index in [4.69, 9.17) is 4.74 Å². The Morgan fingerprint density at radius 3 is 3.12 bits per heavy atom. The summed E-state index contributed by atoms with van der Waals surface area (Å²) >= 11 is 0. The lowest BCUT2D eigenvalue weighted by Crippen LogP contribution is -2.20. The van der Waals surface area contributed by atoms with Crippen molar-refractivity contribution in [2.75, 3.05) is 13.2 Å². The van der Waals surface area contributed by atoms with Crippen molar-refractivity contribution in [1.82, 2.24) is 14.9 Å². The van der Waals surface area contributed by atoms with Gasteiger partial charge in [0.2, 0.25) is 0 Å². The van der Waals surface area contributed by atoms with Crippen LogP contribution < -0.4 is 5.32 Å². The molecule has 0 saturated heterocycles. The molecule has 1 saturated carbocycles. The van der Waals surface area contributed by atoms with Gasteiger partial charge >= 0.3 is 0 Å². The molecule has 16 heavy (non-hydrogen) atoms. The Morgan fingerprint density at radius 2 is 2.44 bits per heavy atom. The van der Waals surface area contributed by atoms with Crippen LogP contribution >= 0.6 is 0 Å². The molecule has 2 rings (SSSR count). The molecule has 4 nitrogen and oxygen atoms in total. The third-order valence-corrected chi connectivity index (χ3v) is 2.93. The molecule has 0 amide bonds. The highest BCUT2D eigenvalue weighted by atomic mass is 16.5. The average molecular weight is 223 g/mol. The predicted molar refractivity (Wildman–Crippen MR) is 63.3 cm³/mol. The molecule has 1 aromatic heterocycles. The van der Waals surface area contributed by atoms with Crippen molar-refractivity contribution in [3.63, 3.8) is 0 Å². The molecule has 1 atom stereocenters. The van der Waals surface area contributed by atoms with Gasteiger partial charge in [0.05, 0.1) is 24.7 Å². The molecule has 0 aromatic carbocycles. The maximum atomic E-state index is 5.44. The first-order chi connectivity index (χ1) is 7.81. The van der Waals surface area contributed by atoms with Crippen molar-refractivity contribution in [1.29, 1.82) is 0 Å². The first kappa shape index (κ1) is 11.6. The quantitative estimate of drug-likeness (QED) is 0.765. The van der Waals surface area contributed by atoms with Gasteiger partial charge in [-0.05, 0) is 26.7 Å². The molecule has 1 N–H and O–H groups in total. The summed E-state index contributed by atoms with van der Waals surface area (Å²) in [6, 6.07) is 1.10. The van der Waals surface area contributed by atoms with E-state index in [9.17, 15) is 0 Å². The molecular weight excluding hydrogens is 202 g/mol. The fourth-order valence-corrected chi connectivity index (χ4v) is 1.77. The Bertz CT molecular complexity index is 320. The number of nitrogens with zero attached hydrogens (tertiary/aromatic N) is 2. The zero-order valence-electron chi connectivity index (χ0n) is 10.1. The van der Waals surface area contributed by atoms with Crippen molar-refractivity contribution >= 4 is 0 Å². The van der Waals surface area contributed by atoms with E-state index in [1.807, 2.05) is 19.4 Å². The fourth-order valence-electron chi connectivity index (χ4n) is 1.77. The fraction of sp³-hybridized carbons (Fsp3) is 0.750. The average Bonchev–Trinajstić information content (AvgIpc) is 3.00. The first-order valence-corrected chi connectivity index (χ1v) is 6.13. The van der Waals surface area contributed by atoms with Gasteiger partial charge in [-0.2, -0.15) is 0 Å². The molecule has 0 bridgehead atoms. The second kappa shape index (κ2) is 5.46. The molecule has 1 fully saturated rings. The van der Waals surface area contributed by atoms with Crippen LogP contribution in [0, 0.1) is 0 Å². The zero-order chi connectivity index (χ0) is 11.4. The van der Waals surface area contributed by atoms with Crippen LogP contribution in [0.4, 0.5) is 0 Å². The zero-order valence-corrected chi connectivity index (χ0v) is 10.1. The highest BCUT2D eigenvalue weighted by molar-refractivity contribution is 5.01. The molecular formula is C12H21N3O. The van der Waals surface area contributed by atoms with Gasteiger partial charge in [0, 0.05) is 25.4 Å². The molecule has 0 radical (unpaired) electrons. The van der Waals surface area contributed by atoms with E-state index in [0.717, 1.165) is 25.8 Å². The number of rotatable bonds is 7. The van der Waals surface area contributed by atoms with Gasteiger partial charge in [0.1, 0.15) is 0 Å². The normalized spacial score (nSPS) is 17.6. The van der Waals surface area contributed by atoms with Crippen LogP contribution in [0.25, 0.3) is 0 Å². The number of hydrogen-bond acceptors (Lipinski definition) is 3. The van der Waals surface area contributed by atoms with Crippen molar-refractivity contribution < 1.29 is 4.74 Å². The number of imidazole rings is 1. The summed E-state index contributed by atoms with van der Waals surface area (Å²) in [6.07, 6.45) is 6.48. The van der Waals surface area contributed by atoms with Crippen molar-refractivity contribution in [2.45, 2.75) is 45.3 Å². The third-order valence-electron chi connectivity index (χ3n) is 2.93. The minimum atomic E-state index is 0.360. The third kappa shape index (κ3) is 3.06. The summed E-state index contributed by atoms with van der Waals surface area (Å²) in [5.74, 6) is 0. The van der Waals surface area contributed by atoms with Crippen molar-refractivity contribution in [3.05, 3.63) is 18.2 Å². The van der Waals surface area contributed by atoms with Gasteiger partial charge in [-0.3, -0.25) is 0 Å². The molecule has 0 spiro atoms. The van der Waals surface area contributed by atoms with Gasteiger partial charge in [-0.1, -0.05) is 0 Å². The van der Waals surface area contributed by atoms with E-state index in [-0.39, 0.29) is 0 Å². The summed E-state index contributed by atoms with van der Waals surface area (Å²) in [6.45, 7) is 6.63. The SMILES string of the molecule is CCOCC(C)n1cncc1CNC1CC1. The molecule has 4 heteroatoms. The highest BCUT2D eigenvalue weighted by Gasteiger charge is 2.21. The van der Waals surface area contributed by atoms with Gasteiger partial charge in [0.15, 0.2) is 0 Å². The lowest BCUT2D eigenvalue weighted by molar-refractivity contribution is 0.118. The molecule has 1 unspecified atom stereocenters. The predicted octanol–water partition coefficient (Wildman–Crippen LogP) is 1.73. The van der Waals surface area contributed by atoms with Crippen molar-refractivity contribution in [3.8, 4) is 0 Å². The highest BCUT2D eigenvalue weighted by Crippen LogP contribution is 2.19. The van der Waals surface area contributed by atoms with Crippen LogP contribution in [0.5, 0.6) is 0 Å². The summed E-state index contributed by atoms with van der Waals surface area (Å²) in [5.41, 5.74) is 1.25. The van der Waals surface area contributed by atoms with E-state index in [1.54, 1.807) is 0 Å². The minimum absolute atomic E-state index is 0.360. The summed E-state index contributed by atoms with van der Waals surface area (Å²) in [4.78, 5) is 4.22. The second-order valence-electron chi connectivity index (χ2n) is 4.46. The second-order valence-corrected chi connectivity index (χ2v) is 4.46. The topological polar surface area (TPSA) is 39.1 Å². The van der Waals surface area contributed by atoms with Crippen LogP contribution in [-0.2, 0) is 11.3 Å². The molecule has 1 aromatic rings. The van der Waals surface area contributed by atoms with Gasteiger partial charge < -0.3 is 14.6 Å². The Balaban J connectivity index is 1.88. The Kier molecular flexibility index (Phi) is 3.96. The van der Waals surface area contributed by atoms with Gasteiger partial charge in [-0.15, -0.1) is 0 Å². The standard InChI is InChI=1S/C12H21N3O/c1-3-16-8-10(2)15-9-13-6-12(15)7-14-11-4-5-11/h6,9-11,14H,3-5,7-8H2,1-2H3. The monoisotopic (exact) mass is 223 g/mol. The number of nitrogens with one attached hydrogen (secondary N) is 1. The Hall–Kier alpha value is -0.870.